The highest BCUT2D eigenvalue weighted by molar-refractivity contribution is 6.07. The number of nitrogens with one attached hydrogen (secondary N) is 1. The number of fused-ring (bicyclic) bond motifs is 2. The van der Waals surface area contributed by atoms with Crippen molar-refractivity contribution in [2.24, 2.45) is 0 Å². The van der Waals surface area contributed by atoms with Crippen molar-refractivity contribution in [3.8, 4) is 0 Å². The minimum absolute atomic E-state index is 0.232. The standard InChI is InChI=1S/C17H16N2O3/c1-17(2,19(21)22)15-11-7-3-4-8-12(11)16(20)18-14-10-6-5-9-13(14)15/h3-10,15H,1-2H3,(H,18,20). The first-order valence-corrected chi connectivity index (χ1v) is 7.06. The van der Waals surface area contributed by atoms with E-state index in [4.69, 9.17) is 0 Å². The van der Waals surface area contributed by atoms with E-state index in [1.807, 2.05) is 24.3 Å². The van der Waals surface area contributed by atoms with E-state index in [0.717, 1.165) is 5.56 Å². The fraction of sp³-hybridized carbons (Fsp3) is 0.235. The summed E-state index contributed by atoms with van der Waals surface area (Å²) in [4.78, 5) is 23.8. The lowest BCUT2D eigenvalue weighted by molar-refractivity contribution is -0.563. The molecule has 3 rings (SSSR count). The number of benzene rings is 2. The van der Waals surface area contributed by atoms with E-state index >= 15 is 0 Å². The van der Waals surface area contributed by atoms with E-state index in [1.54, 1.807) is 38.1 Å². The second-order valence-electron chi connectivity index (χ2n) is 5.97. The Bertz CT molecular complexity index is 768. The number of nitrogens with zero attached hydrogens (tertiary/aromatic N) is 1. The molecule has 0 aromatic heterocycles. The molecule has 2 aromatic carbocycles. The number of amides is 1. The molecule has 1 N–H and O–H groups in total. The largest absolute Gasteiger partial charge is 0.322 e. The van der Waals surface area contributed by atoms with Crippen molar-refractivity contribution in [1.29, 1.82) is 0 Å². The molecule has 1 aliphatic heterocycles. The summed E-state index contributed by atoms with van der Waals surface area (Å²) in [6.45, 7) is 3.20. The van der Waals surface area contributed by atoms with Gasteiger partial charge in [-0.15, -0.1) is 0 Å². The first kappa shape index (κ1) is 14.3. The summed E-state index contributed by atoms with van der Waals surface area (Å²) in [6, 6.07) is 14.4. The van der Waals surface area contributed by atoms with Crippen LogP contribution in [-0.4, -0.2) is 16.4 Å². The Morgan fingerprint density at radius 1 is 1.05 bits per heavy atom. The minimum atomic E-state index is -1.24. The maximum absolute atomic E-state index is 12.4. The molecule has 1 heterocycles. The summed E-state index contributed by atoms with van der Waals surface area (Å²) in [5.41, 5.74) is 1.33. The summed E-state index contributed by atoms with van der Waals surface area (Å²) < 4.78 is 0. The van der Waals surface area contributed by atoms with Gasteiger partial charge >= 0.3 is 0 Å². The predicted octanol–water partition coefficient (Wildman–Crippen LogP) is 3.44. The van der Waals surface area contributed by atoms with E-state index in [1.165, 1.54) is 0 Å². The fourth-order valence-electron chi connectivity index (χ4n) is 3.04. The van der Waals surface area contributed by atoms with E-state index in [0.29, 0.717) is 16.8 Å². The molecule has 0 bridgehead atoms. The third kappa shape index (κ3) is 2.06. The first-order chi connectivity index (χ1) is 10.4. The summed E-state index contributed by atoms with van der Waals surface area (Å²) >= 11 is 0. The van der Waals surface area contributed by atoms with Gasteiger partial charge in [0, 0.05) is 30.0 Å². The molecule has 2 aromatic rings. The Kier molecular flexibility index (Phi) is 3.20. The molecule has 0 aliphatic carbocycles. The second-order valence-corrected chi connectivity index (χ2v) is 5.97. The molecule has 0 radical (unpaired) electrons. The zero-order chi connectivity index (χ0) is 15.9. The third-order valence-electron chi connectivity index (χ3n) is 4.21. The van der Waals surface area contributed by atoms with Gasteiger partial charge in [-0.2, -0.15) is 0 Å². The topological polar surface area (TPSA) is 72.2 Å². The average molecular weight is 296 g/mol. The van der Waals surface area contributed by atoms with Crippen LogP contribution < -0.4 is 5.32 Å². The molecule has 1 aliphatic rings. The monoisotopic (exact) mass is 296 g/mol. The Hall–Kier alpha value is -2.69. The Morgan fingerprint density at radius 2 is 1.64 bits per heavy atom. The van der Waals surface area contributed by atoms with Gasteiger partial charge in [-0.25, -0.2) is 0 Å². The van der Waals surface area contributed by atoms with Crippen LogP contribution in [0.5, 0.6) is 0 Å². The van der Waals surface area contributed by atoms with Gasteiger partial charge in [0.15, 0.2) is 0 Å². The van der Waals surface area contributed by atoms with Crippen LogP contribution in [0.25, 0.3) is 0 Å². The smallest absolute Gasteiger partial charge is 0.255 e. The molecule has 5 nitrogen and oxygen atoms in total. The van der Waals surface area contributed by atoms with Crippen molar-refractivity contribution in [1.82, 2.24) is 0 Å². The van der Waals surface area contributed by atoms with E-state index in [2.05, 4.69) is 5.32 Å². The quantitative estimate of drug-likeness (QED) is 0.681. The number of hydrogen-bond donors (Lipinski definition) is 1. The van der Waals surface area contributed by atoms with Gasteiger partial charge < -0.3 is 5.32 Å². The number of para-hydroxylation sites is 1. The molecular weight excluding hydrogens is 280 g/mol. The van der Waals surface area contributed by atoms with Gasteiger partial charge in [-0.3, -0.25) is 14.9 Å². The van der Waals surface area contributed by atoms with Crippen molar-refractivity contribution < 1.29 is 9.72 Å². The number of carbonyl (C=O) groups excluding carboxylic acids is 1. The maximum Gasteiger partial charge on any atom is 0.255 e. The average Bonchev–Trinajstić information content (AvgIpc) is 2.61. The molecule has 1 amide bonds. The van der Waals surface area contributed by atoms with Gasteiger partial charge in [0.05, 0.1) is 5.92 Å². The molecule has 0 fully saturated rings. The van der Waals surface area contributed by atoms with Crippen molar-refractivity contribution in [2.75, 3.05) is 5.32 Å². The van der Waals surface area contributed by atoms with Crippen molar-refractivity contribution in [2.45, 2.75) is 25.3 Å². The van der Waals surface area contributed by atoms with Gasteiger partial charge in [-0.05, 0) is 23.3 Å². The summed E-state index contributed by atoms with van der Waals surface area (Å²) in [5.74, 6) is -0.737. The fourth-order valence-corrected chi connectivity index (χ4v) is 3.04. The van der Waals surface area contributed by atoms with Crippen LogP contribution in [-0.2, 0) is 0 Å². The zero-order valence-electron chi connectivity index (χ0n) is 12.4. The van der Waals surface area contributed by atoms with E-state index in [9.17, 15) is 14.9 Å². The summed E-state index contributed by atoms with van der Waals surface area (Å²) in [6.07, 6.45) is 0. The molecule has 0 saturated carbocycles. The van der Waals surface area contributed by atoms with Gasteiger partial charge in [0.2, 0.25) is 5.54 Å². The molecule has 5 heteroatoms. The molecule has 1 unspecified atom stereocenters. The van der Waals surface area contributed by atoms with Crippen LogP contribution in [0.1, 0.15) is 41.3 Å². The van der Waals surface area contributed by atoms with E-state index < -0.39 is 11.5 Å². The SMILES string of the molecule is CC(C)(C1c2ccccc2NC(=O)c2ccccc21)[N+](=O)[O-]. The summed E-state index contributed by atoms with van der Waals surface area (Å²) in [7, 11) is 0. The molecule has 112 valence electrons. The molecule has 0 saturated heterocycles. The summed E-state index contributed by atoms with van der Waals surface area (Å²) in [5, 5.41) is 14.5. The molecule has 0 spiro atoms. The van der Waals surface area contributed by atoms with Gasteiger partial charge in [-0.1, -0.05) is 36.4 Å². The number of anilines is 1. The maximum atomic E-state index is 12.4. The van der Waals surface area contributed by atoms with Gasteiger partial charge in [0.1, 0.15) is 0 Å². The Labute approximate surface area is 128 Å². The third-order valence-corrected chi connectivity index (χ3v) is 4.21. The van der Waals surface area contributed by atoms with Crippen molar-refractivity contribution in [3.05, 3.63) is 75.3 Å². The normalized spacial score (nSPS) is 17.0. The molecule has 1 atom stereocenters. The lowest BCUT2D eigenvalue weighted by Gasteiger charge is -2.28. The van der Waals surface area contributed by atoms with Crippen molar-refractivity contribution in [3.63, 3.8) is 0 Å². The number of nitro groups is 1. The minimum Gasteiger partial charge on any atom is -0.322 e. The van der Waals surface area contributed by atoms with Crippen LogP contribution in [0.4, 0.5) is 5.69 Å². The molecular formula is C17H16N2O3. The zero-order valence-corrected chi connectivity index (χ0v) is 12.4. The van der Waals surface area contributed by atoms with E-state index in [-0.39, 0.29) is 10.8 Å². The number of carbonyl (C=O) groups is 1. The highest BCUT2D eigenvalue weighted by atomic mass is 16.6. The van der Waals surface area contributed by atoms with Crippen LogP contribution in [0, 0.1) is 10.1 Å². The second kappa shape index (κ2) is 4.94. The Morgan fingerprint density at radius 3 is 2.32 bits per heavy atom. The lowest BCUT2D eigenvalue weighted by Crippen LogP contribution is -2.39. The number of hydrogen-bond acceptors (Lipinski definition) is 3. The number of rotatable bonds is 2. The first-order valence-electron chi connectivity index (χ1n) is 7.06. The highest BCUT2D eigenvalue weighted by Gasteiger charge is 2.46. The Balaban J connectivity index is 2.34. The van der Waals surface area contributed by atoms with Gasteiger partial charge in [0.25, 0.3) is 5.91 Å². The predicted molar refractivity (Wildman–Crippen MR) is 83.8 cm³/mol. The van der Waals surface area contributed by atoms with Crippen LogP contribution in [0.2, 0.25) is 0 Å². The molecule has 22 heavy (non-hydrogen) atoms. The highest BCUT2D eigenvalue weighted by Crippen LogP contribution is 2.43. The van der Waals surface area contributed by atoms with Crippen LogP contribution in [0.3, 0.4) is 0 Å². The van der Waals surface area contributed by atoms with Crippen LogP contribution in [0.15, 0.2) is 48.5 Å². The lowest BCUT2D eigenvalue weighted by atomic mass is 9.76. The van der Waals surface area contributed by atoms with Crippen LogP contribution >= 0.6 is 0 Å². The van der Waals surface area contributed by atoms with Crippen molar-refractivity contribution >= 4 is 11.6 Å².